The summed E-state index contributed by atoms with van der Waals surface area (Å²) in [5.74, 6) is -0.0876. The van der Waals surface area contributed by atoms with E-state index in [1.165, 1.54) is 22.7 Å². The van der Waals surface area contributed by atoms with Gasteiger partial charge in [0.1, 0.15) is 0 Å². The molecule has 0 N–H and O–H groups in total. The molecule has 9 heteroatoms. The third-order valence-electron chi connectivity index (χ3n) is 4.29. The summed E-state index contributed by atoms with van der Waals surface area (Å²) in [7, 11) is -0.390. The van der Waals surface area contributed by atoms with Crippen molar-refractivity contribution in [2.45, 2.75) is 6.42 Å². The van der Waals surface area contributed by atoms with Crippen molar-refractivity contribution in [2.75, 3.05) is 58.3 Å². The molecule has 1 aromatic carbocycles. The number of nitrogens with zero attached hydrogens (tertiary/aromatic N) is 5. The average Bonchev–Trinajstić information content (AvgIpc) is 2.63. The fourth-order valence-corrected chi connectivity index (χ4v) is 3.88. The molecule has 0 unspecified atom stereocenters. The van der Waals surface area contributed by atoms with Crippen LogP contribution >= 0.6 is 0 Å². The molecule has 1 aliphatic rings. The van der Waals surface area contributed by atoms with Crippen LogP contribution in [0.1, 0.15) is 6.42 Å². The molecule has 0 spiro atoms. The van der Waals surface area contributed by atoms with Crippen molar-refractivity contribution in [1.82, 2.24) is 13.5 Å². The normalized spacial score (nSPS) is 16.4. The molecule has 0 atom stereocenters. The number of para-hydroxylation sites is 1. The standard InChI is InChI=1S/C17H25N5O3S/c1-19(2)26(24,25)21-13-11-20(12-14-21)15-17(23)22(10-6-9-18)16-7-4-3-5-8-16/h3-5,7-8H,6,10-15H2,1-2H3. The van der Waals surface area contributed by atoms with E-state index in [2.05, 4.69) is 6.07 Å². The van der Waals surface area contributed by atoms with Crippen molar-refractivity contribution in [3.05, 3.63) is 30.3 Å². The van der Waals surface area contributed by atoms with E-state index in [-0.39, 0.29) is 18.9 Å². The maximum absolute atomic E-state index is 12.7. The van der Waals surface area contributed by atoms with Gasteiger partial charge in [0.05, 0.1) is 19.0 Å². The second kappa shape index (κ2) is 9.09. The van der Waals surface area contributed by atoms with Gasteiger partial charge >= 0.3 is 0 Å². The van der Waals surface area contributed by atoms with E-state index in [1.54, 1.807) is 4.90 Å². The molecule has 0 saturated carbocycles. The van der Waals surface area contributed by atoms with E-state index in [0.29, 0.717) is 32.7 Å². The van der Waals surface area contributed by atoms with Gasteiger partial charge in [-0.25, -0.2) is 0 Å². The van der Waals surface area contributed by atoms with E-state index in [9.17, 15) is 13.2 Å². The highest BCUT2D eigenvalue weighted by Gasteiger charge is 2.29. The quantitative estimate of drug-likeness (QED) is 0.682. The first kappa shape index (κ1) is 20.3. The highest BCUT2D eigenvalue weighted by molar-refractivity contribution is 7.86. The molecule has 1 aliphatic heterocycles. The molecule has 1 fully saturated rings. The number of piperazine rings is 1. The Morgan fingerprint density at radius 3 is 2.31 bits per heavy atom. The van der Waals surface area contributed by atoms with E-state index < -0.39 is 10.2 Å². The Bertz CT molecular complexity index is 737. The zero-order valence-corrected chi connectivity index (χ0v) is 16.0. The lowest BCUT2D eigenvalue weighted by Crippen LogP contribution is -2.53. The molecule has 0 aliphatic carbocycles. The number of rotatable bonds is 7. The summed E-state index contributed by atoms with van der Waals surface area (Å²) in [6.45, 7) is 2.26. The largest absolute Gasteiger partial charge is 0.310 e. The van der Waals surface area contributed by atoms with Crippen LogP contribution in [0.4, 0.5) is 5.69 Å². The predicted octanol–water partition coefficient (Wildman–Crippen LogP) is 0.357. The van der Waals surface area contributed by atoms with Gasteiger partial charge < -0.3 is 4.90 Å². The molecule has 1 saturated heterocycles. The van der Waals surface area contributed by atoms with E-state index >= 15 is 0 Å². The number of anilines is 1. The summed E-state index contributed by atoms with van der Waals surface area (Å²) in [5.41, 5.74) is 0.765. The van der Waals surface area contributed by atoms with Gasteiger partial charge in [0.15, 0.2) is 0 Å². The Morgan fingerprint density at radius 2 is 1.77 bits per heavy atom. The first-order chi connectivity index (χ1) is 12.4. The molecule has 8 nitrogen and oxygen atoms in total. The van der Waals surface area contributed by atoms with E-state index in [1.807, 2.05) is 35.2 Å². The molecule has 26 heavy (non-hydrogen) atoms. The summed E-state index contributed by atoms with van der Waals surface area (Å²) in [6.07, 6.45) is 0.259. The van der Waals surface area contributed by atoms with Gasteiger partial charge in [-0.1, -0.05) is 18.2 Å². The number of amides is 1. The van der Waals surface area contributed by atoms with Crippen LogP contribution in [0.5, 0.6) is 0 Å². The molecule has 142 valence electrons. The second-order valence-electron chi connectivity index (χ2n) is 6.25. The van der Waals surface area contributed by atoms with Gasteiger partial charge in [-0.05, 0) is 12.1 Å². The van der Waals surface area contributed by atoms with Crippen molar-refractivity contribution in [2.24, 2.45) is 0 Å². The highest BCUT2D eigenvalue weighted by Crippen LogP contribution is 2.15. The van der Waals surface area contributed by atoms with Gasteiger partial charge in [0.2, 0.25) is 5.91 Å². The lowest BCUT2D eigenvalue weighted by molar-refractivity contribution is -0.120. The van der Waals surface area contributed by atoms with Crippen LogP contribution in [0, 0.1) is 11.3 Å². The lowest BCUT2D eigenvalue weighted by Gasteiger charge is -2.35. The van der Waals surface area contributed by atoms with Gasteiger partial charge in [-0.15, -0.1) is 0 Å². The van der Waals surface area contributed by atoms with Gasteiger partial charge in [-0.3, -0.25) is 9.69 Å². The van der Waals surface area contributed by atoms with Crippen LogP contribution in [0.2, 0.25) is 0 Å². The van der Waals surface area contributed by atoms with Crippen LogP contribution < -0.4 is 4.90 Å². The molecule has 1 amide bonds. The van der Waals surface area contributed by atoms with Crippen molar-refractivity contribution in [3.63, 3.8) is 0 Å². The zero-order chi connectivity index (χ0) is 19.2. The number of hydrogen-bond donors (Lipinski definition) is 0. The second-order valence-corrected chi connectivity index (χ2v) is 8.40. The number of hydrogen-bond acceptors (Lipinski definition) is 5. The van der Waals surface area contributed by atoms with Crippen LogP contribution in [-0.2, 0) is 15.0 Å². The maximum atomic E-state index is 12.7. The maximum Gasteiger partial charge on any atom is 0.281 e. The van der Waals surface area contributed by atoms with E-state index in [0.717, 1.165) is 5.69 Å². The summed E-state index contributed by atoms with van der Waals surface area (Å²) < 4.78 is 26.9. The number of carbonyl (C=O) groups excluding carboxylic acids is 1. The number of benzene rings is 1. The molecular formula is C17H25N5O3S. The minimum absolute atomic E-state index is 0.0876. The summed E-state index contributed by atoms with van der Waals surface area (Å²) in [6, 6.07) is 11.3. The third kappa shape index (κ3) is 5.02. The SMILES string of the molecule is CN(C)S(=O)(=O)N1CCN(CC(=O)N(CCC#N)c2ccccc2)CC1. The Balaban J connectivity index is 1.97. The fourth-order valence-electron chi connectivity index (χ4n) is 2.79. The van der Waals surface area contributed by atoms with Crippen LogP contribution in [0.25, 0.3) is 0 Å². The number of nitriles is 1. The van der Waals surface area contributed by atoms with Gasteiger partial charge in [-0.2, -0.15) is 22.3 Å². The minimum Gasteiger partial charge on any atom is -0.310 e. The average molecular weight is 379 g/mol. The Kier molecular flexibility index (Phi) is 7.11. The molecule has 0 bridgehead atoms. The van der Waals surface area contributed by atoms with Crippen molar-refractivity contribution >= 4 is 21.8 Å². The molecule has 0 aromatic heterocycles. The van der Waals surface area contributed by atoms with Crippen molar-refractivity contribution < 1.29 is 13.2 Å². The fraction of sp³-hybridized carbons (Fsp3) is 0.529. The Morgan fingerprint density at radius 1 is 1.15 bits per heavy atom. The van der Waals surface area contributed by atoms with Crippen molar-refractivity contribution in [1.29, 1.82) is 5.26 Å². The first-order valence-electron chi connectivity index (χ1n) is 8.48. The summed E-state index contributed by atoms with van der Waals surface area (Å²) in [4.78, 5) is 16.3. The van der Waals surface area contributed by atoms with E-state index in [4.69, 9.17) is 5.26 Å². The lowest BCUT2D eigenvalue weighted by atomic mass is 10.2. The first-order valence-corrected chi connectivity index (χ1v) is 9.88. The van der Waals surface area contributed by atoms with Gasteiger partial charge in [0.25, 0.3) is 10.2 Å². The molecule has 2 rings (SSSR count). The summed E-state index contributed by atoms with van der Waals surface area (Å²) >= 11 is 0. The topological polar surface area (TPSA) is 88.0 Å². The smallest absolute Gasteiger partial charge is 0.281 e. The van der Waals surface area contributed by atoms with Crippen LogP contribution in [0.15, 0.2) is 30.3 Å². The highest BCUT2D eigenvalue weighted by atomic mass is 32.2. The van der Waals surface area contributed by atoms with Crippen molar-refractivity contribution in [3.8, 4) is 6.07 Å². The van der Waals surface area contributed by atoms with Gasteiger partial charge in [0, 0.05) is 52.5 Å². The Labute approximate surface area is 155 Å². The minimum atomic E-state index is -3.41. The molecule has 1 heterocycles. The predicted molar refractivity (Wildman–Crippen MR) is 99.6 cm³/mol. The summed E-state index contributed by atoms with van der Waals surface area (Å²) in [5, 5.41) is 8.85. The molecule has 0 radical (unpaired) electrons. The zero-order valence-electron chi connectivity index (χ0n) is 15.2. The number of carbonyl (C=O) groups is 1. The Hall–Kier alpha value is -1.99. The molecular weight excluding hydrogens is 354 g/mol. The van der Waals surface area contributed by atoms with Crippen LogP contribution in [0.3, 0.4) is 0 Å². The monoisotopic (exact) mass is 379 g/mol. The third-order valence-corrected chi connectivity index (χ3v) is 6.23. The van der Waals surface area contributed by atoms with Crippen LogP contribution in [-0.4, -0.2) is 81.2 Å². The molecule has 1 aromatic rings.